The molecule has 0 atom stereocenters. The van der Waals surface area contributed by atoms with Gasteiger partial charge in [-0.05, 0) is 36.8 Å². The van der Waals surface area contributed by atoms with E-state index in [4.69, 9.17) is 27.9 Å². The maximum Gasteiger partial charge on any atom is 0.234 e. The van der Waals surface area contributed by atoms with Crippen molar-refractivity contribution >= 4 is 46.6 Å². The van der Waals surface area contributed by atoms with Crippen LogP contribution in [0.25, 0.3) is 0 Å². The molecule has 0 aliphatic rings. The standard InChI is InChI=1S/C21H20Cl2N4O2S/c1-3-10-27-19(12-29-18-9-8-15(22)11-16(18)23)25-26-21(27)30-13-20(28)24-17-7-5-4-6-14(17)2/h3-9,11H,1,10,12-13H2,2H3,(H,24,28). The molecular formula is C21H20Cl2N4O2S. The minimum absolute atomic E-state index is 0.117. The SMILES string of the molecule is C=CCn1c(COc2ccc(Cl)cc2Cl)nnc1SCC(=O)Nc1ccccc1C. The normalized spacial score (nSPS) is 10.6. The summed E-state index contributed by atoms with van der Waals surface area (Å²) in [7, 11) is 0. The molecule has 1 N–H and O–H groups in total. The molecule has 2 aromatic carbocycles. The van der Waals surface area contributed by atoms with Gasteiger partial charge in [-0.3, -0.25) is 9.36 Å². The molecule has 3 rings (SSSR count). The van der Waals surface area contributed by atoms with Crippen molar-refractivity contribution in [2.75, 3.05) is 11.1 Å². The number of para-hydroxylation sites is 1. The van der Waals surface area contributed by atoms with E-state index in [1.807, 2.05) is 35.8 Å². The molecule has 0 spiro atoms. The van der Waals surface area contributed by atoms with Gasteiger partial charge in [0.05, 0.1) is 10.8 Å². The topological polar surface area (TPSA) is 69.0 Å². The monoisotopic (exact) mass is 462 g/mol. The third-order valence-electron chi connectivity index (χ3n) is 4.11. The predicted molar refractivity (Wildman–Crippen MR) is 122 cm³/mol. The summed E-state index contributed by atoms with van der Waals surface area (Å²) >= 11 is 13.4. The first-order valence-corrected chi connectivity index (χ1v) is 10.8. The summed E-state index contributed by atoms with van der Waals surface area (Å²) in [5.74, 6) is 1.19. The summed E-state index contributed by atoms with van der Waals surface area (Å²) in [5, 5.41) is 12.9. The number of carbonyl (C=O) groups excluding carboxylic acids is 1. The summed E-state index contributed by atoms with van der Waals surface area (Å²) < 4.78 is 7.61. The molecule has 3 aromatic rings. The van der Waals surface area contributed by atoms with Crippen molar-refractivity contribution in [1.29, 1.82) is 0 Å². The van der Waals surface area contributed by atoms with Crippen LogP contribution in [0.15, 0.2) is 60.3 Å². The zero-order valence-corrected chi connectivity index (χ0v) is 18.6. The largest absolute Gasteiger partial charge is 0.484 e. The highest BCUT2D eigenvalue weighted by molar-refractivity contribution is 7.99. The van der Waals surface area contributed by atoms with Gasteiger partial charge in [0.15, 0.2) is 11.0 Å². The van der Waals surface area contributed by atoms with Crippen LogP contribution in [0.5, 0.6) is 5.75 Å². The van der Waals surface area contributed by atoms with E-state index in [1.54, 1.807) is 24.3 Å². The number of halogens is 2. The van der Waals surface area contributed by atoms with Crippen LogP contribution in [-0.2, 0) is 17.9 Å². The molecule has 0 aliphatic heterocycles. The smallest absolute Gasteiger partial charge is 0.234 e. The fourth-order valence-electron chi connectivity index (χ4n) is 2.61. The fraction of sp³-hybridized carbons (Fsp3) is 0.190. The molecular weight excluding hydrogens is 443 g/mol. The van der Waals surface area contributed by atoms with Gasteiger partial charge in [-0.25, -0.2) is 0 Å². The molecule has 0 saturated heterocycles. The molecule has 1 aromatic heterocycles. The predicted octanol–water partition coefficient (Wildman–Crippen LogP) is 5.39. The Kier molecular flexibility index (Phi) is 7.79. The second-order valence-corrected chi connectivity index (χ2v) is 8.10. The highest BCUT2D eigenvalue weighted by atomic mass is 35.5. The Labute approximate surface area is 189 Å². The summed E-state index contributed by atoms with van der Waals surface area (Å²) in [6.45, 7) is 6.38. The Bertz CT molecular complexity index is 1060. The zero-order chi connectivity index (χ0) is 21.5. The van der Waals surface area contributed by atoms with Gasteiger partial charge in [-0.2, -0.15) is 0 Å². The fourth-order valence-corrected chi connectivity index (χ4v) is 3.84. The molecule has 0 saturated carbocycles. The Balaban J connectivity index is 1.64. The number of carbonyl (C=O) groups is 1. The number of anilines is 1. The van der Waals surface area contributed by atoms with Crippen LogP contribution in [0.4, 0.5) is 5.69 Å². The first kappa shape index (κ1) is 22.2. The van der Waals surface area contributed by atoms with E-state index in [-0.39, 0.29) is 18.3 Å². The number of amides is 1. The molecule has 6 nitrogen and oxygen atoms in total. The van der Waals surface area contributed by atoms with Crippen molar-refractivity contribution in [2.24, 2.45) is 0 Å². The summed E-state index contributed by atoms with van der Waals surface area (Å²) in [4.78, 5) is 12.3. The lowest BCUT2D eigenvalue weighted by Gasteiger charge is -2.10. The highest BCUT2D eigenvalue weighted by Crippen LogP contribution is 2.28. The molecule has 0 fully saturated rings. The molecule has 30 heavy (non-hydrogen) atoms. The molecule has 0 unspecified atom stereocenters. The van der Waals surface area contributed by atoms with Crippen LogP contribution in [0.3, 0.4) is 0 Å². The summed E-state index contributed by atoms with van der Waals surface area (Å²) in [5.41, 5.74) is 1.80. The van der Waals surface area contributed by atoms with E-state index in [1.165, 1.54) is 11.8 Å². The molecule has 9 heteroatoms. The Morgan fingerprint density at radius 2 is 2.07 bits per heavy atom. The van der Waals surface area contributed by atoms with Gasteiger partial charge in [0.2, 0.25) is 5.91 Å². The van der Waals surface area contributed by atoms with Gasteiger partial charge in [-0.1, -0.05) is 59.2 Å². The maximum absolute atomic E-state index is 12.3. The second kappa shape index (κ2) is 10.5. The molecule has 0 radical (unpaired) electrons. The van der Waals surface area contributed by atoms with E-state index in [0.29, 0.717) is 33.3 Å². The van der Waals surface area contributed by atoms with Crippen LogP contribution in [0.1, 0.15) is 11.4 Å². The van der Waals surface area contributed by atoms with E-state index in [9.17, 15) is 4.79 Å². The Hall–Kier alpha value is -2.48. The first-order valence-electron chi connectivity index (χ1n) is 9.07. The summed E-state index contributed by atoms with van der Waals surface area (Å²) in [6.07, 6.45) is 1.74. The van der Waals surface area contributed by atoms with E-state index in [0.717, 1.165) is 11.3 Å². The number of benzene rings is 2. The quantitative estimate of drug-likeness (QED) is 0.341. The van der Waals surface area contributed by atoms with Crippen LogP contribution in [0.2, 0.25) is 10.0 Å². The Morgan fingerprint density at radius 3 is 2.80 bits per heavy atom. The van der Waals surface area contributed by atoms with Crippen LogP contribution in [0, 0.1) is 6.92 Å². The van der Waals surface area contributed by atoms with Gasteiger partial charge in [-0.15, -0.1) is 16.8 Å². The number of allylic oxidation sites excluding steroid dienone is 1. The third-order valence-corrected chi connectivity index (χ3v) is 5.60. The number of rotatable bonds is 9. The third kappa shape index (κ3) is 5.78. The van der Waals surface area contributed by atoms with Gasteiger partial charge >= 0.3 is 0 Å². The lowest BCUT2D eigenvalue weighted by molar-refractivity contribution is -0.113. The van der Waals surface area contributed by atoms with Crippen molar-refractivity contribution in [1.82, 2.24) is 14.8 Å². The number of nitrogens with zero attached hydrogens (tertiary/aromatic N) is 3. The number of ether oxygens (including phenoxy) is 1. The number of hydrogen-bond donors (Lipinski definition) is 1. The van der Waals surface area contributed by atoms with Crippen molar-refractivity contribution in [2.45, 2.75) is 25.2 Å². The molecule has 1 amide bonds. The Morgan fingerprint density at radius 1 is 1.27 bits per heavy atom. The van der Waals surface area contributed by atoms with Crippen molar-refractivity contribution in [3.05, 3.63) is 76.6 Å². The van der Waals surface area contributed by atoms with Crippen molar-refractivity contribution in [3.8, 4) is 5.75 Å². The van der Waals surface area contributed by atoms with E-state index < -0.39 is 0 Å². The lowest BCUT2D eigenvalue weighted by Crippen LogP contribution is -2.15. The maximum atomic E-state index is 12.3. The minimum Gasteiger partial charge on any atom is -0.484 e. The number of thioether (sulfide) groups is 1. The second-order valence-electron chi connectivity index (χ2n) is 6.31. The molecule has 0 aliphatic carbocycles. The average Bonchev–Trinajstić information content (AvgIpc) is 3.09. The van der Waals surface area contributed by atoms with Crippen molar-refractivity contribution in [3.63, 3.8) is 0 Å². The van der Waals surface area contributed by atoms with Crippen molar-refractivity contribution < 1.29 is 9.53 Å². The van der Waals surface area contributed by atoms with Gasteiger partial charge in [0.1, 0.15) is 12.4 Å². The van der Waals surface area contributed by atoms with Gasteiger partial charge in [0, 0.05) is 17.3 Å². The number of aryl methyl sites for hydroxylation is 1. The average molecular weight is 463 g/mol. The molecule has 156 valence electrons. The lowest BCUT2D eigenvalue weighted by atomic mass is 10.2. The van der Waals surface area contributed by atoms with Gasteiger partial charge in [0.25, 0.3) is 0 Å². The number of nitrogens with one attached hydrogen (secondary N) is 1. The number of hydrogen-bond acceptors (Lipinski definition) is 5. The first-order chi connectivity index (χ1) is 14.5. The molecule has 1 heterocycles. The minimum atomic E-state index is -0.117. The van der Waals surface area contributed by atoms with Crippen LogP contribution >= 0.6 is 35.0 Å². The van der Waals surface area contributed by atoms with Crippen LogP contribution in [-0.4, -0.2) is 26.4 Å². The highest BCUT2D eigenvalue weighted by Gasteiger charge is 2.15. The zero-order valence-electron chi connectivity index (χ0n) is 16.3. The number of aromatic nitrogens is 3. The van der Waals surface area contributed by atoms with E-state index in [2.05, 4.69) is 22.1 Å². The summed E-state index contributed by atoms with van der Waals surface area (Å²) in [6, 6.07) is 12.6. The van der Waals surface area contributed by atoms with E-state index >= 15 is 0 Å². The van der Waals surface area contributed by atoms with Crippen LogP contribution < -0.4 is 10.1 Å². The molecule has 0 bridgehead atoms. The van der Waals surface area contributed by atoms with Gasteiger partial charge < -0.3 is 10.1 Å².